The zero-order valence-electron chi connectivity index (χ0n) is 22.3. The fourth-order valence-corrected chi connectivity index (χ4v) is 4.10. The topological polar surface area (TPSA) is 77.7 Å². The van der Waals surface area contributed by atoms with E-state index in [0.29, 0.717) is 19.6 Å². The van der Waals surface area contributed by atoms with E-state index in [2.05, 4.69) is 29.4 Å². The number of nitrogens with zero attached hydrogens (tertiary/aromatic N) is 2. The number of benzene rings is 2. The van der Waals surface area contributed by atoms with Crippen LogP contribution in [0.15, 0.2) is 54.7 Å². The lowest BCUT2D eigenvalue weighted by Gasteiger charge is -2.30. The first-order valence-electron chi connectivity index (χ1n) is 12.7. The van der Waals surface area contributed by atoms with Crippen LogP contribution in [0.4, 0.5) is 4.79 Å². The van der Waals surface area contributed by atoms with Gasteiger partial charge in [-0.25, -0.2) is 4.79 Å². The molecule has 0 fully saturated rings. The third kappa shape index (κ3) is 7.77. The molecule has 1 aromatic heterocycles. The third-order valence-corrected chi connectivity index (χ3v) is 6.09. The molecule has 3 aromatic rings. The first-order valence-corrected chi connectivity index (χ1v) is 12.7. The maximum absolute atomic E-state index is 13.6. The number of hydrogen-bond acceptors (Lipinski definition) is 3. The smallest absolute Gasteiger partial charge is 0.318 e. The van der Waals surface area contributed by atoms with Gasteiger partial charge in [-0.3, -0.25) is 4.79 Å². The van der Waals surface area contributed by atoms with Gasteiger partial charge in [-0.2, -0.15) is 0 Å². The molecule has 194 valence electrons. The number of ether oxygens (including phenoxy) is 1. The fourth-order valence-electron chi connectivity index (χ4n) is 4.10. The normalized spacial score (nSPS) is 11.4. The minimum absolute atomic E-state index is 0.0476. The number of H-pyrrole nitrogens is 1. The van der Waals surface area contributed by atoms with Gasteiger partial charge in [0.15, 0.2) is 0 Å². The van der Waals surface area contributed by atoms with Gasteiger partial charge in [0.2, 0.25) is 5.91 Å². The minimum atomic E-state index is -0.372. The van der Waals surface area contributed by atoms with E-state index < -0.39 is 0 Å². The Morgan fingerprint density at radius 2 is 1.72 bits per heavy atom. The molecule has 0 aliphatic heterocycles. The van der Waals surface area contributed by atoms with Gasteiger partial charge in [-0.1, -0.05) is 43.7 Å². The van der Waals surface area contributed by atoms with Crippen LogP contribution < -0.4 is 10.1 Å². The molecule has 0 aliphatic carbocycles. The number of fused-ring (bicyclic) bond motifs is 1. The van der Waals surface area contributed by atoms with E-state index in [-0.39, 0.29) is 24.0 Å². The number of unbranched alkanes of at least 4 members (excludes halogenated alkanes) is 1. The van der Waals surface area contributed by atoms with Gasteiger partial charge in [0.05, 0.1) is 7.11 Å². The molecular weight excluding hydrogens is 452 g/mol. The second-order valence-corrected chi connectivity index (χ2v) is 10.2. The van der Waals surface area contributed by atoms with Crippen LogP contribution in [0.25, 0.3) is 10.9 Å². The Labute approximate surface area is 214 Å². The third-order valence-electron chi connectivity index (χ3n) is 6.09. The van der Waals surface area contributed by atoms with Crippen LogP contribution in [0.5, 0.6) is 5.75 Å². The molecule has 7 nitrogen and oxygen atoms in total. The summed E-state index contributed by atoms with van der Waals surface area (Å²) in [5.41, 5.74) is 2.90. The SMILES string of the molecule is CCCCN(CC(=O)N(CCc1c[nH]c2ccccc12)Cc1ccc(OC)cc1)C(=O)NC(C)(C)C. The van der Waals surface area contributed by atoms with Crippen LogP contribution in [0.1, 0.15) is 51.7 Å². The number of carbonyl (C=O) groups excluding carboxylic acids is 2. The Kier molecular flexibility index (Phi) is 9.39. The molecule has 0 saturated carbocycles. The predicted molar refractivity (Wildman–Crippen MR) is 145 cm³/mol. The summed E-state index contributed by atoms with van der Waals surface area (Å²) in [6.07, 6.45) is 4.53. The summed E-state index contributed by atoms with van der Waals surface area (Å²) in [6, 6.07) is 15.8. The van der Waals surface area contributed by atoms with E-state index in [1.54, 1.807) is 12.0 Å². The number of rotatable bonds is 11. The Bertz CT molecular complexity index is 1130. The highest BCUT2D eigenvalue weighted by Gasteiger charge is 2.24. The molecule has 0 bridgehead atoms. The molecule has 36 heavy (non-hydrogen) atoms. The number of aromatic nitrogens is 1. The number of amides is 3. The molecule has 7 heteroatoms. The van der Waals surface area contributed by atoms with Crippen LogP contribution in [-0.2, 0) is 17.8 Å². The summed E-state index contributed by atoms with van der Waals surface area (Å²) >= 11 is 0. The van der Waals surface area contributed by atoms with Crippen LogP contribution in [-0.4, -0.2) is 59.0 Å². The van der Waals surface area contributed by atoms with E-state index in [9.17, 15) is 9.59 Å². The molecule has 2 aromatic carbocycles. The first kappa shape index (κ1) is 27.1. The van der Waals surface area contributed by atoms with Crippen molar-refractivity contribution < 1.29 is 14.3 Å². The Morgan fingerprint density at radius 3 is 2.39 bits per heavy atom. The van der Waals surface area contributed by atoms with Crippen molar-refractivity contribution in [2.24, 2.45) is 0 Å². The van der Waals surface area contributed by atoms with E-state index in [0.717, 1.165) is 36.1 Å². The predicted octanol–water partition coefficient (Wildman–Crippen LogP) is 5.36. The van der Waals surface area contributed by atoms with Gasteiger partial charge in [0.25, 0.3) is 0 Å². The highest BCUT2D eigenvalue weighted by molar-refractivity contribution is 5.85. The highest BCUT2D eigenvalue weighted by atomic mass is 16.5. The summed E-state index contributed by atoms with van der Waals surface area (Å²) in [5, 5.41) is 4.18. The number of urea groups is 1. The molecule has 0 atom stereocenters. The number of nitrogens with one attached hydrogen (secondary N) is 2. The van der Waals surface area contributed by atoms with Crippen LogP contribution in [0, 0.1) is 0 Å². The molecule has 3 amide bonds. The fraction of sp³-hybridized carbons (Fsp3) is 0.448. The average Bonchev–Trinajstić information content (AvgIpc) is 3.26. The van der Waals surface area contributed by atoms with Crippen molar-refractivity contribution in [3.8, 4) is 5.75 Å². The molecule has 1 heterocycles. The Hall–Kier alpha value is -3.48. The second-order valence-electron chi connectivity index (χ2n) is 10.2. The number of methoxy groups -OCH3 is 1. The molecular formula is C29H40N4O3. The lowest BCUT2D eigenvalue weighted by atomic mass is 10.1. The molecule has 0 aliphatic rings. The maximum atomic E-state index is 13.6. The molecule has 3 rings (SSSR count). The van der Waals surface area contributed by atoms with Crippen LogP contribution in [0.3, 0.4) is 0 Å². The van der Waals surface area contributed by atoms with Gasteiger partial charge in [-0.15, -0.1) is 0 Å². The average molecular weight is 493 g/mol. The van der Waals surface area contributed by atoms with Gasteiger partial charge >= 0.3 is 6.03 Å². The number of para-hydroxylation sites is 1. The lowest BCUT2D eigenvalue weighted by Crippen LogP contribution is -2.52. The van der Waals surface area contributed by atoms with Crippen LogP contribution in [0.2, 0.25) is 0 Å². The van der Waals surface area contributed by atoms with Gasteiger partial charge < -0.3 is 24.8 Å². The first-order chi connectivity index (χ1) is 17.2. The second kappa shape index (κ2) is 12.5. The van der Waals surface area contributed by atoms with Crippen molar-refractivity contribution >= 4 is 22.8 Å². The minimum Gasteiger partial charge on any atom is -0.497 e. The lowest BCUT2D eigenvalue weighted by molar-refractivity contribution is -0.132. The maximum Gasteiger partial charge on any atom is 0.318 e. The van der Waals surface area contributed by atoms with Crippen molar-refractivity contribution in [2.75, 3.05) is 26.7 Å². The van der Waals surface area contributed by atoms with Crippen molar-refractivity contribution in [3.05, 3.63) is 65.9 Å². The van der Waals surface area contributed by atoms with E-state index in [1.165, 1.54) is 10.9 Å². The van der Waals surface area contributed by atoms with E-state index in [1.807, 2.05) is 68.3 Å². The van der Waals surface area contributed by atoms with Gasteiger partial charge in [0, 0.05) is 42.3 Å². The summed E-state index contributed by atoms with van der Waals surface area (Å²) in [4.78, 5) is 33.4. The summed E-state index contributed by atoms with van der Waals surface area (Å²) < 4.78 is 5.28. The molecule has 0 spiro atoms. The number of carbonyl (C=O) groups is 2. The summed E-state index contributed by atoms with van der Waals surface area (Å²) in [6.45, 7) is 9.53. The van der Waals surface area contributed by atoms with Crippen molar-refractivity contribution in [1.29, 1.82) is 0 Å². The Balaban J connectivity index is 1.78. The van der Waals surface area contributed by atoms with Crippen molar-refractivity contribution in [2.45, 2.75) is 59.0 Å². The zero-order chi connectivity index (χ0) is 26.1. The molecule has 0 unspecified atom stereocenters. The summed E-state index contributed by atoms with van der Waals surface area (Å²) in [7, 11) is 1.64. The van der Waals surface area contributed by atoms with E-state index >= 15 is 0 Å². The van der Waals surface area contributed by atoms with Crippen molar-refractivity contribution in [1.82, 2.24) is 20.1 Å². The standard InChI is InChI=1S/C29H40N4O3/c1-6-7-17-33(28(35)31-29(2,3)4)21-27(34)32(20-22-12-14-24(36-5)15-13-22)18-16-23-19-30-26-11-9-8-10-25(23)26/h8-15,19,30H,6-7,16-18,20-21H2,1-5H3,(H,31,35). The monoisotopic (exact) mass is 492 g/mol. The highest BCUT2D eigenvalue weighted by Crippen LogP contribution is 2.19. The molecule has 2 N–H and O–H groups in total. The largest absolute Gasteiger partial charge is 0.497 e. The number of aromatic amines is 1. The van der Waals surface area contributed by atoms with Crippen molar-refractivity contribution in [3.63, 3.8) is 0 Å². The molecule has 0 radical (unpaired) electrons. The zero-order valence-corrected chi connectivity index (χ0v) is 22.3. The van der Waals surface area contributed by atoms with Crippen LogP contribution >= 0.6 is 0 Å². The van der Waals surface area contributed by atoms with E-state index in [4.69, 9.17) is 4.74 Å². The van der Waals surface area contributed by atoms with Gasteiger partial charge in [0.1, 0.15) is 12.3 Å². The Morgan fingerprint density at radius 1 is 1.00 bits per heavy atom. The summed E-state index contributed by atoms with van der Waals surface area (Å²) in [5.74, 6) is 0.714. The number of hydrogen-bond donors (Lipinski definition) is 2. The van der Waals surface area contributed by atoms with Gasteiger partial charge in [-0.05, 0) is 62.9 Å². The molecule has 0 saturated heterocycles. The quantitative estimate of drug-likeness (QED) is 0.378.